The van der Waals surface area contributed by atoms with Crippen molar-refractivity contribution in [2.45, 2.75) is 12.8 Å². The predicted molar refractivity (Wildman–Crippen MR) is 105 cm³/mol. The van der Waals surface area contributed by atoms with Crippen molar-refractivity contribution < 1.29 is 9.60 Å². The van der Waals surface area contributed by atoms with Crippen LogP contribution in [0.1, 0.15) is 17.5 Å². The Hall–Kier alpha value is -3.74. The van der Waals surface area contributed by atoms with E-state index in [1.165, 1.54) is 12.1 Å². The summed E-state index contributed by atoms with van der Waals surface area (Å²) in [5, 5.41) is 15.9. The molecular formula is C21H16FN5O. The predicted octanol–water partition coefficient (Wildman–Crippen LogP) is 4.40. The minimum Gasteiger partial charge on any atom is -0.411 e. The Balaban J connectivity index is 1.61. The van der Waals surface area contributed by atoms with Crippen molar-refractivity contribution in [3.8, 4) is 11.3 Å². The summed E-state index contributed by atoms with van der Waals surface area (Å²) in [6, 6.07) is 12.2. The van der Waals surface area contributed by atoms with Crippen LogP contribution in [0.4, 0.5) is 15.9 Å². The molecule has 0 saturated carbocycles. The number of nitrogens with one attached hydrogen (secondary N) is 1. The molecule has 2 aromatic heterocycles. The summed E-state index contributed by atoms with van der Waals surface area (Å²) in [7, 11) is 0. The highest BCUT2D eigenvalue weighted by molar-refractivity contribution is 6.04. The molecule has 1 aliphatic rings. The molecule has 0 fully saturated rings. The van der Waals surface area contributed by atoms with Crippen LogP contribution in [0.5, 0.6) is 0 Å². The van der Waals surface area contributed by atoms with Gasteiger partial charge in [0.05, 0.1) is 11.9 Å². The van der Waals surface area contributed by atoms with Gasteiger partial charge in [-0.15, -0.1) is 0 Å². The molecule has 0 atom stereocenters. The maximum atomic E-state index is 13.4. The van der Waals surface area contributed by atoms with Gasteiger partial charge in [-0.2, -0.15) is 0 Å². The van der Waals surface area contributed by atoms with Crippen LogP contribution in [0.3, 0.4) is 0 Å². The standard InChI is InChI=1S/C21H16FN5O/c22-15-4-1-13(2-5-15)20-21(27-10-9-23-12-19(27)25-20)24-16-6-7-17-14(11-16)3-8-18(17)26-28/h1-2,4-7,9-12,24,28H,3,8H2/b26-18+. The normalized spacial score (nSPS) is 14.5. The van der Waals surface area contributed by atoms with Crippen LogP contribution in [0.25, 0.3) is 16.9 Å². The second kappa shape index (κ2) is 6.45. The van der Waals surface area contributed by atoms with Gasteiger partial charge in [-0.3, -0.25) is 9.38 Å². The fourth-order valence-corrected chi connectivity index (χ4v) is 3.62. The maximum absolute atomic E-state index is 13.4. The van der Waals surface area contributed by atoms with Gasteiger partial charge in [0.25, 0.3) is 0 Å². The summed E-state index contributed by atoms with van der Waals surface area (Å²) < 4.78 is 15.3. The summed E-state index contributed by atoms with van der Waals surface area (Å²) in [4.78, 5) is 8.81. The van der Waals surface area contributed by atoms with Gasteiger partial charge in [-0.1, -0.05) is 11.2 Å². The van der Waals surface area contributed by atoms with Crippen molar-refractivity contribution in [2.24, 2.45) is 5.16 Å². The van der Waals surface area contributed by atoms with Gasteiger partial charge in [0, 0.05) is 29.2 Å². The number of nitrogens with zero attached hydrogens (tertiary/aromatic N) is 4. The lowest BCUT2D eigenvalue weighted by atomic mass is 10.1. The van der Waals surface area contributed by atoms with Crippen molar-refractivity contribution in [1.82, 2.24) is 14.4 Å². The van der Waals surface area contributed by atoms with Gasteiger partial charge in [-0.05, 0) is 54.8 Å². The van der Waals surface area contributed by atoms with Crippen LogP contribution in [0.2, 0.25) is 0 Å². The van der Waals surface area contributed by atoms with Crippen LogP contribution in [0, 0.1) is 5.82 Å². The van der Waals surface area contributed by atoms with Crippen molar-refractivity contribution in [3.05, 3.63) is 78.0 Å². The first-order chi connectivity index (χ1) is 13.7. The average molecular weight is 373 g/mol. The molecular weight excluding hydrogens is 357 g/mol. The highest BCUT2D eigenvalue weighted by atomic mass is 19.1. The van der Waals surface area contributed by atoms with Crippen LogP contribution in [-0.4, -0.2) is 25.3 Å². The summed E-state index contributed by atoms with van der Waals surface area (Å²) in [5.41, 5.74) is 5.95. The average Bonchev–Trinajstić information content (AvgIpc) is 3.30. The zero-order valence-corrected chi connectivity index (χ0v) is 14.8. The molecule has 0 aliphatic heterocycles. The molecule has 6 nitrogen and oxygen atoms in total. The number of hydrogen-bond donors (Lipinski definition) is 2. The topological polar surface area (TPSA) is 74.8 Å². The number of hydrogen-bond acceptors (Lipinski definition) is 5. The van der Waals surface area contributed by atoms with Gasteiger partial charge in [0.2, 0.25) is 0 Å². The molecule has 1 aliphatic carbocycles. The number of anilines is 2. The van der Waals surface area contributed by atoms with Crippen LogP contribution in [0.15, 0.2) is 66.2 Å². The SMILES string of the molecule is O/N=C1\CCc2cc(Nc3c(-c4ccc(F)cc4)nc4cnccn34)ccc21. The number of aryl methyl sites for hydroxylation is 1. The molecule has 138 valence electrons. The number of aromatic nitrogens is 3. The quantitative estimate of drug-likeness (QED) is 0.412. The lowest BCUT2D eigenvalue weighted by molar-refractivity contribution is 0.318. The zero-order chi connectivity index (χ0) is 19.1. The van der Waals surface area contributed by atoms with Gasteiger partial charge < -0.3 is 10.5 Å². The van der Waals surface area contributed by atoms with Gasteiger partial charge in [0.1, 0.15) is 17.3 Å². The molecule has 0 saturated heterocycles. The van der Waals surface area contributed by atoms with E-state index in [1.54, 1.807) is 24.5 Å². The van der Waals surface area contributed by atoms with E-state index in [2.05, 4.69) is 26.5 Å². The van der Waals surface area contributed by atoms with Gasteiger partial charge in [0.15, 0.2) is 5.65 Å². The second-order valence-corrected chi connectivity index (χ2v) is 6.66. The van der Waals surface area contributed by atoms with E-state index in [-0.39, 0.29) is 5.82 Å². The molecule has 5 rings (SSSR count). The third-order valence-electron chi connectivity index (χ3n) is 4.98. The number of benzene rings is 2. The Labute approximate surface area is 160 Å². The van der Waals surface area contributed by atoms with Crippen LogP contribution in [-0.2, 0) is 6.42 Å². The highest BCUT2D eigenvalue weighted by Crippen LogP contribution is 2.33. The molecule has 0 unspecified atom stereocenters. The Morgan fingerprint density at radius 1 is 1.11 bits per heavy atom. The maximum Gasteiger partial charge on any atom is 0.157 e. The molecule has 0 amide bonds. The molecule has 7 heteroatoms. The molecule has 4 aromatic rings. The summed E-state index contributed by atoms with van der Waals surface area (Å²) >= 11 is 0. The molecule has 0 bridgehead atoms. The Kier molecular flexibility index (Phi) is 3.79. The third kappa shape index (κ3) is 2.68. The van der Waals surface area contributed by atoms with E-state index < -0.39 is 0 Å². The largest absolute Gasteiger partial charge is 0.411 e. The number of halogens is 1. The molecule has 2 aromatic carbocycles. The Morgan fingerprint density at radius 3 is 2.79 bits per heavy atom. The van der Waals surface area contributed by atoms with E-state index in [0.29, 0.717) is 11.3 Å². The first-order valence-electron chi connectivity index (χ1n) is 8.92. The van der Waals surface area contributed by atoms with Crippen molar-refractivity contribution in [2.75, 3.05) is 5.32 Å². The van der Waals surface area contributed by atoms with E-state index in [1.807, 2.05) is 22.7 Å². The van der Waals surface area contributed by atoms with Gasteiger partial charge in [-0.25, -0.2) is 9.37 Å². The van der Waals surface area contributed by atoms with E-state index in [9.17, 15) is 4.39 Å². The lowest BCUT2D eigenvalue weighted by Gasteiger charge is -2.10. The second-order valence-electron chi connectivity index (χ2n) is 6.66. The first-order valence-corrected chi connectivity index (χ1v) is 8.92. The molecule has 0 radical (unpaired) electrons. The van der Waals surface area contributed by atoms with E-state index in [0.717, 1.165) is 46.7 Å². The number of imidazole rings is 1. The van der Waals surface area contributed by atoms with E-state index >= 15 is 0 Å². The zero-order valence-electron chi connectivity index (χ0n) is 14.8. The lowest BCUT2D eigenvalue weighted by Crippen LogP contribution is -1.99. The fourth-order valence-electron chi connectivity index (χ4n) is 3.62. The first kappa shape index (κ1) is 16.4. The fraction of sp³-hybridized carbons (Fsp3) is 0.0952. The Bertz CT molecular complexity index is 1210. The number of rotatable bonds is 3. The number of fused-ring (bicyclic) bond motifs is 2. The molecule has 0 spiro atoms. The summed E-state index contributed by atoms with van der Waals surface area (Å²) in [5.74, 6) is 0.488. The third-order valence-corrected chi connectivity index (χ3v) is 4.98. The van der Waals surface area contributed by atoms with Gasteiger partial charge >= 0.3 is 0 Å². The molecule has 28 heavy (non-hydrogen) atoms. The molecule has 2 heterocycles. The number of oxime groups is 1. The van der Waals surface area contributed by atoms with Crippen LogP contribution >= 0.6 is 0 Å². The summed E-state index contributed by atoms with van der Waals surface area (Å²) in [6.07, 6.45) is 6.79. The monoisotopic (exact) mass is 373 g/mol. The Morgan fingerprint density at radius 2 is 1.96 bits per heavy atom. The summed E-state index contributed by atoms with van der Waals surface area (Å²) in [6.45, 7) is 0. The van der Waals surface area contributed by atoms with Crippen molar-refractivity contribution in [3.63, 3.8) is 0 Å². The van der Waals surface area contributed by atoms with E-state index in [4.69, 9.17) is 5.21 Å². The highest BCUT2D eigenvalue weighted by Gasteiger charge is 2.20. The van der Waals surface area contributed by atoms with Crippen LogP contribution < -0.4 is 5.32 Å². The minimum atomic E-state index is -0.288. The van der Waals surface area contributed by atoms with Crippen molar-refractivity contribution in [1.29, 1.82) is 0 Å². The minimum absolute atomic E-state index is 0.288. The smallest absolute Gasteiger partial charge is 0.157 e. The van der Waals surface area contributed by atoms with Crippen molar-refractivity contribution >= 4 is 22.9 Å². The molecule has 2 N–H and O–H groups in total.